The lowest BCUT2D eigenvalue weighted by Gasteiger charge is -2.18. The summed E-state index contributed by atoms with van der Waals surface area (Å²) in [4.78, 5) is 39.1. The van der Waals surface area contributed by atoms with Gasteiger partial charge in [-0.1, -0.05) is 17.7 Å². The number of hydrazine groups is 1. The normalized spacial score (nSPS) is 15.8. The molecule has 9 nitrogen and oxygen atoms in total. The SMILES string of the molecule is COc1cc(C(=O)NNC2CC(=O)N(c3ccc(C)cc3C)C2=O)cc(OC)c1OC. The van der Waals surface area contributed by atoms with Crippen molar-refractivity contribution in [2.24, 2.45) is 0 Å². The van der Waals surface area contributed by atoms with Gasteiger partial charge in [0.15, 0.2) is 11.5 Å². The molecule has 2 aromatic carbocycles. The van der Waals surface area contributed by atoms with Gasteiger partial charge in [-0.3, -0.25) is 19.8 Å². The maximum Gasteiger partial charge on any atom is 0.265 e. The van der Waals surface area contributed by atoms with Crippen LogP contribution in [0.25, 0.3) is 0 Å². The predicted molar refractivity (Wildman–Crippen MR) is 114 cm³/mol. The Labute approximate surface area is 180 Å². The number of benzene rings is 2. The lowest BCUT2D eigenvalue weighted by Crippen LogP contribution is -2.48. The van der Waals surface area contributed by atoms with E-state index in [2.05, 4.69) is 10.9 Å². The van der Waals surface area contributed by atoms with E-state index in [9.17, 15) is 14.4 Å². The molecule has 1 saturated heterocycles. The number of aryl methyl sites for hydroxylation is 2. The molecule has 3 rings (SSSR count). The summed E-state index contributed by atoms with van der Waals surface area (Å²) in [5.41, 5.74) is 7.78. The number of amides is 3. The topological polar surface area (TPSA) is 106 Å². The van der Waals surface area contributed by atoms with Crippen LogP contribution in [0.3, 0.4) is 0 Å². The Hall–Kier alpha value is -3.59. The van der Waals surface area contributed by atoms with Gasteiger partial charge in [0, 0.05) is 5.56 Å². The second-order valence-corrected chi connectivity index (χ2v) is 7.13. The van der Waals surface area contributed by atoms with Gasteiger partial charge in [0.25, 0.3) is 11.8 Å². The Balaban J connectivity index is 1.74. The zero-order chi connectivity index (χ0) is 22.7. The van der Waals surface area contributed by atoms with E-state index in [0.717, 1.165) is 16.0 Å². The predicted octanol–water partition coefficient (Wildman–Crippen LogP) is 1.90. The maximum atomic E-state index is 12.8. The molecule has 3 amide bonds. The molecule has 1 fully saturated rings. The number of rotatable bonds is 7. The molecule has 31 heavy (non-hydrogen) atoms. The number of ether oxygens (including phenoxy) is 3. The summed E-state index contributed by atoms with van der Waals surface area (Å²) < 4.78 is 15.7. The molecule has 0 aromatic heterocycles. The Morgan fingerprint density at radius 3 is 2.19 bits per heavy atom. The Morgan fingerprint density at radius 2 is 1.65 bits per heavy atom. The molecular weight excluding hydrogens is 402 g/mol. The third kappa shape index (κ3) is 4.31. The van der Waals surface area contributed by atoms with Crippen molar-refractivity contribution in [2.45, 2.75) is 26.3 Å². The Bertz CT molecular complexity index is 1010. The minimum absolute atomic E-state index is 0.0678. The van der Waals surface area contributed by atoms with Crippen LogP contribution < -0.4 is 30.0 Å². The highest BCUT2D eigenvalue weighted by Gasteiger charge is 2.40. The van der Waals surface area contributed by atoms with Gasteiger partial charge in [0.05, 0.1) is 33.4 Å². The third-order valence-corrected chi connectivity index (χ3v) is 5.03. The first kappa shape index (κ1) is 22.1. The summed E-state index contributed by atoms with van der Waals surface area (Å²) in [6.45, 7) is 3.78. The minimum atomic E-state index is -0.876. The van der Waals surface area contributed by atoms with Crippen LogP contribution in [0.4, 0.5) is 5.69 Å². The Kier molecular flexibility index (Phi) is 6.45. The van der Waals surface area contributed by atoms with Crippen LogP contribution in [0.2, 0.25) is 0 Å². The molecule has 0 spiro atoms. The average Bonchev–Trinajstić information content (AvgIpc) is 3.04. The van der Waals surface area contributed by atoms with Crippen LogP contribution >= 0.6 is 0 Å². The largest absolute Gasteiger partial charge is 0.493 e. The second kappa shape index (κ2) is 9.05. The first-order chi connectivity index (χ1) is 14.8. The summed E-state index contributed by atoms with van der Waals surface area (Å²) in [5, 5.41) is 0. The van der Waals surface area contributed by atoms with Crippen molar-refractivity contribution in [3.05, 3.63) is 47.0 Å². The molecule has 1 aliphatic heterocycles. The van der Waals surface area contributed by atoms with E-state index in [1.807, 2.05) is 26.0 Å². The van der Waals surface area contributed by atoms with E-state index >= 15 is 0 Å². The molecule has 2 N–H and O–H groups in total. The molecule has 9 heteroatoms. The standard InChI is InChI=1S/C22H25N3O6/c1-12-6-7-16(13(2)8-12)25-19(26)11-15(22(25)28)23-24-21(27)14-9-17(29-3)20(31-5)18(10-14)30-4/h6-10,15,23H,11H2,1-5H3,(H,24,27). The van der Waals surface area contributed by atoms with E-state index in [4.69, 9.17) is 14.2 Å². The van der Waals surface area contributed by atoms with Gasteiger partial charge >= 0.3 is 0 Å². The molecule has 1 heterocycles. The van der Waals surface area contributed by atoms with E-state index < -0.39 is 17.9 Å². The summed E-state index contributed by atoms with van der Waals surface area (Å²) in [6.07, 6.45) is -0.0678. The fourth-order valence-corrected chi connectivity index (χ4v) is 3.49. The molecule has 0 saturated carbocycles. The molecule has 164 valence electrons. The van der Waals surface area contributed by atoms with E-state index in [0.29, 0.717) is 22.9 Å². The first-order valence-corrected chi connectivity index (χ1v) is 9.60. The van der Waals surface area contributed by atoms with Gasteiger partial charge in [-0.15, -0.1) is 0 Å². The number of methoxy groups -OCH3 is 3. The number of hydrogen-bond donors (Lipinski definition) is 2. The van der Waals surface area contributed by atoms with Gasteiger partial charge in [0.2, 0.25) is 11.7 Å². The highest BCUT2D eigenvalue weighted by Crippen LogP contribution is 2.38. The number of hydrogen-bond acceptors (Lipinski definition) is 7. The molecule has 2 aromatic rings. The number of carbonyl (C=O) groups is 3. The minimum Gasteiger partial charge on any atom is -0.493 e. The van der Waals surface area contributed by atoms with E-state index in [1.165, 1.54) is 33.5 Å². The van der Waals surface area contributed by atoms with Crippen molar-refractivity contribution in [1.82, 2.24) is 10.9 Å². The van der Waals surface area contributed by atoms with Crippen LogP contribution in [-0.4, -0.2) is 45.1 Å². The third-order valence-electron chi connectivity index (χ3n) is 5.03. The lowest BCUT2D eigenvalue weighted by atomic mass is 10.1. The van der Waals surface area contributed by atoms with Crippen molar-refractivity contribution in [1.29, 1.82) is 0 Å². The highest BCUT2D eigenvalue weighted by molar-refractivity contribution is 6.22. The first-order valence-electron chi connectivity index (χ1n) is 9.60. The summed E-state index contributed by atoms with van der Waals surface area (Å²) >= 11 is 0. The molecule has 0 radical (unpaired) electrons. The highest BCUT2D eigenvalue weighted by atomic mass is 16.5. The fourth-order valence-electron chi connectivity index (χ4n) is 3.49. The summed E-state index contributed by atoms with van der Waals surface area (Å²) in [6, 6.07) is 7.60. The van der Waals surface area contributed by atoms with Crippen molar-refractivity contribution in [3.63, 3.8) is 0 Å². The van der Waals surface area contributed by atoms with Crippen molar-refractivity contribution < 1.29 is 28.6 Å². The molecular formula is C22H25N3O6. The van der Waals surface area contributed by atoms with Crippen molar-refractivity contribution in [2.75, 3.05) is 26.2 Å². The van der Waals surface area contributed by atoms with Gasteiger partial charge < -0.3 is 14.2 Å². The number of imide groups is 1. The smallest absolute Gasteiger partial charge is 0.265 e. The molecule has 0 bridgehead atoms. The number of anilines is 1. The monoisotopic (exact) mass is 427 g/mol. The zero-order valence-electron chi connectivity index (χ0n) is 18.1. The number of nitrogens with zero attached hydrogens (tertiary/aromatic N) is 1. The molecule has 0 aliphatic carbocycles. The average molecular weight is 427 g/mol. The van der Waals surface area contributed by atoms with Crippen LogP contribution in [0.5, 0.6) is 17.2 Å². The van der Waals surface area contributed by atoms with Crippen molar-refractivity contribution >= 4 is 23.4 Å². The maximum absolute atomic E-state index is 12.8. The number of carbonyl (C=O) groups excluding carboxylic acids is 3. The van der Waals surface area contributed by atoms with Crippen molar-refractivity contribution in [3.8, 4) is 17.2 Å². The van der Waals surface area contributed by atoms with Gasteiger partial charge in [-0.25, -0.2) is 10.3 Å². The molecule has 1 aliphatic rings. The summed E-state index contributed by atoms with van der Waals surface area (Å²) in [7, 11) is 4.36. The van der Waals surface area contributed by atoms with Crippen LogP contribution in [-0.2, 0) is 9.59 Å². The summed E-state index contributed by atoms with van der Waals surface area (Å²) in [5.74, 6) is -0.293. The van der Waals surface area contributed by atoms with Gasteiger partial charge in [-0.2, -0.15) is 0 Å². The van der Waals surface area contributed by atoms with Crippen LogP contribution in [0, 0.1) is 13.8 Å². The van der Waals surface area contributed by atoms with E-state index in [1.54, 1.807) is 6.07 Å². The Morgan fingerprint density at radius 1 is 1.00 bits per heavy atom. The molecule has 1 atom stereocenters. The molecule has 1 unspecified atom stereocenters. The quantitative estimate of drug-likeness (QED) is 0.513. The zero-order valence-corrected chi connectivity index (χ0v) is 18.1. The van der Waals surface area contributed by atoms with Gasteiger partial charge in [-0.05, 0) is 37.6 Å². The van der Waals surface area contributed by atoms with Gasteiger partial charge in [0.1, 0.15) is 6.04 Å². The second-order valence-electron chi connectivity index (χ2n) is 7.13. The number of nitrogens with one attached hydrogen (secondary N) is 2. The van der Waals surface area contributed by atoms with E-state index in [-0.39, 0.29) is 17.9 Å². The fraction of sp³-hybridized carbons (Fsp3) is 0.318. The van der Waals surface area contributed by atoms with Crippen LogP contribution in [0.15, 0.2) is 30.3 Å². The lowest BCUT2D eigenvalue weighted by molar-refractivity contribution is -0.121. The van der Waals surface area contributed by atoms with Crippen LogP contribution in [0.1, 0.15) is 27.9 Å².